The van der Waals surface area contributed by atoms with Crippen molar-refractivity contribution in [1.82, 2.24) is 0 Å². The number of hydrogen-bond donors (Lipinski definition) is 1. The summed E-state index contributed by atoms with van der Waals surface area (Å²) in [6.45, 7) is 10.2. The maximum absolute atomic E-state index is 8.62. The SMILES string of the molecule is C[SiH](CCCO)[Si](C)(C)C. The van der Waals surface area contributed by atoms with Crippen LogP contribution in [0.4, 0.5) is 0 Å². The van der Waals surface area contributed by atoms with Crippen LogP contribution in [0.2, 0.25) is 32.2 Å². The summed E-state index contributed by atoms with van der Waals surface area (Å²) in [6, 6.07) is 1.34. The van der Waals surface area contributed by atoms with Crippen LogP contribution in [0.3, 0.4) is 0 Å². The van der Waals surface area contributed by atoms with Gasteiger partial charge in [-0.15, -0.1) is 0 Å². The summed E-state index contributed by atoms with van der Waals surface area (Å²) in [7, 11) is -1.20. The molecule has 0 saturated heterocycles. The van der Waals surface area contributed by atoms with E-state index in [4.69, 9.17) is 5.11 Å². The Bertz CT molecular complexity index is 88.1. The van der Waals surface area contributed by atoms with Crippen molar-refractivity contribution in [2.24, 2.45) is 0 Å². The molecule has 0 heterocycles. The first-order valence-electron chi connectivity index (χ1n) is 4.09. The second-order valence-electron chi connectivity index (χ2n) is 4.13. The molecule has 0 saturated carbocycles. The molecule has 1 nitrogen and oxygen atoms in total. The standard InChI is InChI=1S/C7H20OSi2/c1-9(7-5-6-8)10(2,3)4/h8-9H,5-7H2,1-4H3. The largest absolute Gasteiger partial charge is 0.396 e. The maximum Gasteiger partial charge on any atom is 0.0428 e. The first-order chi connectivity index (χ1) is 4.48. The molecule has 62 valence electrons. The molecule has 0 bridgehead atoms. The molecule has 0 aromatic heterocycles. The van der Waals surface area contributed by atoms with Crippen molar-refractivity contribution in [1.29, 1.82) is 0 Å². The zero-order chi connectivity index (χ0) is 8.20. The molecule has 10 heavy (non-hydrogen) atoms. The second-order valence-corrected chi connectivity index (χ2v) is 19.4. The van der Waals surface area contributed by atoms with E-state index >= 15 is 0 Å². The smallest absolute Gasteiger partial charge is 0.0428 e. The lowest BCUT2D eigenvalue weighted by Crippen LogP contribution is -2.39. The Morgan fingerprint density at radius 3 is 2.10 bits per heavy atom. The minimum atomic E-state index is -0.770. The number of aliphatic hydroxyl groups is 1. The van der Waals surface area contributed by atoms with Gasteiger partial charge in [-0.05, 0) is 6.42 Å². The van der Waals surface area contributed by atoms with Gasteiger partial charge in [-0.1, -0.05) is 32.2 Å². The number of aliphatic hydroxyl groups excluding tert-OH is 1. The van der Waals surface area contributed by atoms with Crippen LogP contribution in [0.1, 0.15) is 6.42 Å². The third-order valence-corrected chi connectivity index (χ3v) is 16.2. The predicted octanol–water partition coefficient (Wildman–Crippen LogP) is 1.64. The topological polar surface area (TPSA) is 20.2 Å². The second kappa shape index (κ2) is 4.31. The Labute approximate surface area is 66.9 Å². The average Bonchev–Trinajstić information content (AvgIpc) is 1.80. The van der Waals surface area contributed by atoms with E-state index in [9.17, 15) is 0 Å². The maximum atomic E-state index is 8.62. The van der Waals surface area contributed by atoms with Gasteiger partial charge in [0, 0.05) is 22.5 Å². The summed E-state index contributed by atoms with van der Waals surface area (Å²) in [4.78, 5) is 0. The molecule has 1 atom stereocenters. The Balaban J connectivity index is 3.52. The van der Waals surface area contributed by atoms with Crippen molar-refractivity contribution < 1.29 is 5.11 Å². The van der Waals surface area contributed by atoms with Gasteiger partial charge >= 0.3 is 0 Å². The summed E-state index contributed by atoms with van der Waals surface area (Å²) in [6.07, 6.45) is 1.04. The lowest BCUT2D eigenvalue weighted by molar-refractivity contribution is 0.295. The van der Waals surface area contributed by atoms with Gasteiger partial charge in [0.15, 0.2) is 0 Å². The van der Waals surface area contributed by atoms with Crippen molar-refractivity contribution in [2.45, 2.75) is 38.7 Å². The van der Waals surface area contributed by atoms with Gasteiger partial charge < -0.3 is 5.11 Å². The fourth-order valence-electron chi connectivity index (χ4n) is 0.830. The zero-order valence-electron chi connectivity index (χ0n) is 7.65. The molecule has 0 rings (SSSR count). The van der Waals surface area contributed by atoms with Crippen molar-refractivity contribution >= 4 is 15.9 Å². The lowest BCUT2D eigenvalue weighted by atomic mass is 10.5. The summed E-state index contributed by atoms with van der Waals surface area (Å²) >= 11 is 0. The summed E-state index contributed by atoms with van der Waals surface area (Å²) in [5.41, 5.74) is 0. The Kier molecular flexibility index (Phi) is 4.48. The monoisotopic (exact) mass is 176 g/mol. The van der Waals surface area contributed by atoms with Crippen molar-refractivity contribution in [3.8, 4) is 0 Å². The Morgan fingerprint density at radius 1 is 1.30 bits per heavy atom. The van der Waals surface area contributed by atoms with E-state index in [1.165, 1.54) is 6.04 Å². The Hall–Kier alpha value is 0.394. The van der Waals surface area contributed by atoms with Crippen LogP contribution in [0.25, 0.3) is 0 Å². The van der Waals surface area contributed by atoms with Gasteiger partial charge in [0.2, 0.25) is 0 Å². The summed E-state index contributed by atoms with van der Waals surface area (Å²) in [5.74, 6) is 0. The highest BCUT2D eigenvalue weighted by atomic mass is 29.2. The van der Waals surface area contributed by atoms with Gasteiger partial charge in [-0.2, -0.15) is 0 Å². The van der Waals surface area contributed by atoms with Crippen molar-refractivity contribution in [2.75, 3.05) is 6.61 Å². The van der Waals surface area contributed by atoms with Crippen LogP contribution < -0.4 is 0 Å². The highest BCUT2D eigenvalue weighted by Gasteiger charge is 2.22. The van der Waals surface area contributed by atoms with Gasteiger partial charge in [0.25, 0.3) is 0 Å². The van der Waals surface area contributed by atoms with Gasteiger partial charge in [-0.25, -0.2) is 0 Å². The molecule has 0 fully saturated rings. The number of hydrogen-bond acceptors (Lipinski definition) is 1. The third-order valence-electron chi connectivity index (χ3n) is 2.27. The van der Waals surface area contributed by atoms with Crippen LogP contribution in [0.15, 0.2) is 0 Å². The minimum absolute atomic E-state index is 0.391. The van der Waals surface area contributed by atoms with Crippen LogP contribution in [0, 0.1) is 0 Å². The fourth-order valence-corrected chi connectivity index (χ4v) is 5.70. The first-order valence-corrected chi connectivity index (χ1v) is 11.4. The van der Waals surface area contributed by atoms with E-state index in [0.29, 0.717) is 6.61 Å². The number of rotatable bonds is 4. The molecule has 1 N–H and O–H groups in total. The fraction of sp³-hybridized carbons (Fsp3) is 1.00. The van der Waals surface area contributed by atoms with E-state index in [1.54, 1.807) is 0 Å². The lowest BCUT2D eigenvalue weighted by Gasteiger charge is -2.23. The van der Waals surface area contributed by atoms with Gasteiger partial charge in [-0.3, -0.25) is 0 Å². The van der Waals surface area contributed by atoms with E-state index in [2.05, 4.69) is 26.2 Å². The molecule has 0 radical (unpaired) electrons. The average molecular weight is 176 g/mol. The van der Waals surface area contributed by atoms with Gasteiger partial charge in [0.05, 0.1) is 0 Å². The summed E-state index contributed by atoms with van der Waals surface area (Å²) < 4.78 is 0. The minimum Gasteiger partial charge on any atom is -0.396 e. The molecule has 0 aliphatic carbocycles. The van der Waals surface area contributed by atoms with Crippen LogP contribution >= 0.6 is 0 Å². The third kappa shape index (κ3) is 4.25. The van der Waals surface area contributed by atoms with Crippen LogP contribution in [-0.2, 0) is 0 Å². The quantitative estimate of drug-likeness (QED) is 0.646. The normalized spacial score (nSPS) is 15.3. The van der Waals surface area contributed by atoms with E-state index < -0.39 is 15.9 Å². The highest BCUT2D eigenvalue weighted by Crippen LogP contribution is 2.11. The van der Waals surface area contributed by atoms with Crippen LogP contribution in [0.5, 0.6) is 0 Å². The molecular formula is C7H20OSi2. The molecule has 0 spiro atoms. The van der Waals surface area contributed by atoms with Crippen molar-refractivity contribution in [3.05, 3.63) is 0 Å². The Morgan fingerprint density at radius 2 is 1.80 bits per heavy atom. The predicted molar refractivity (Wildman–Crippen MR) is 52.9 cm³/mol. The molecule has 3 heteroatoms. The molecule has 0 amide bonds. The van der Waals surface area contributed by atoms with E-state index in [1.807, 2.05) is 0 Å². The van der Waals surface area contributed by atoms with E-state index in [0.717, 1.165) is 6.42 Å². The van der Waals surface area contributed by atoms with Gasteiger partial charge in [0.1, 0.15) is 0 Å². The molecule has 0 aliphatic rings. The van der Waals surface area contributed by atoms with Crippen LogP contribution in [-0.4, -0.2) is 27.6 Å². The first kappa shape index (κ1) is 10.4. The molecule has 0 aromatic carbocycles. The molecule has 0 aliphatic heterocycles. The molecule has 1 unspecified atom stereocenters. The zero-order valence-corrected chi connectivity index (χ0v) is 9.80. The van der Waals surface area contributed by atoms with Crippen molar-refractivity contribution in [3.63, 3.8) is 0 Å². The van der Waals surface area contributed by atoms with E-state index in [-0.39, 0.29) is 0 Å². The molecule has 0 aromatic rings. The highest BCUT2D eigenvalue weighted by molar-refractivity contribution is 7.31. The molecular weight excluding hydrogens is 156 g/mol. The summed E-state index contributed by atoms with van der Waals surface area (Å²) in [5, 5.41) is 8.62.